The van der Waals surface area contributed by atoms with Gasteiger partial charge in [-0.3, -0.25) is 0 Å². The number of aromatic carboxylic acids is 1. The molecule has 2 aromatic rings. The summed E-state index contributed by atoms with van der Waals surface area (Å²) in [6.07, 6.45) is 0. The predicted octanol–water partition coefficient (Wildman–Crippen LogP) is 2.77. The van der Waals surface area contributed by atoms with Gasteiger partial charge in [0.2, 0.25) is 0 Å². The Morgan fingerprint density at radius 3 is 2.76 bits per heavy atom. The maximum absolute atomic E-state index is 11.3. The van der Waals surface area contributed by atoms with Crippen LogP contribution in [0.4, 0.5) is 0 Å². The third-order valence-corrected chi connectivity index (χ3v) is 3.97. The molecule has 0 saturated carbocycles. The Morgan fingerprint density at radius 1 is 1.38 bits per heavy atom. The summed E-state index contributed by atoms with van der Waals surface area (Å²) in [6.45, 7) is 1.55. The maximum atomic E-state index is 11.3. The van der Waals surface area contributed by atoms with E-state index in [1.54, 1.807) is 26.2 Å². The van der Waals surface area contributed by atoms with Gasteiger partial charge in [0.25, 0.3) is 0 Å². The number of aliphatic hydroxyl groups is 1. The second-order valence-corrected chi connectivity index (χ2v) is 5.38. The lowest BCUT2D eigenvalue weighted by Gasteiger charge is -2.10. The number of ether oxygens (including phenoxy) is 1. The predicted molar refractivity (Wildman–Crippen MR) is 82.0 cm³/mol. The summed E-state index contributed by atoms with van der Waals surface area (Å²) in [5, 5.41) is 17.9. The molecule has 0 aliphatic heterocycles. The zero-order chi connectivity index (χ0) is 15.4. The molecule has 0 saturated heterocycles. The molecule has 0 aliphatic rings. The minimum atomic E-state index is -0.965. The number of methoxy groups -OCH3 is 1. The molecular weight excluding hydrogens is 288 g/mol. The number of aryl methyl sites for hydroxylation is 1. The molecule has 21 heavy (non-hydrogen) atoms. The summed E-state index contributed by atoms with van der Waals surface area (Å²) >= 11 is 1.42. The Bertz CT molecular complexity index is 734. The smallest absolute Gasteiger partial charge is 0.335 e. The van der Waals surface area contributed by atoms with Crippen LogP contribution in [-0.2, 0) is 0 Å². The SMILES string of the molecule is COc1cc(C)c(C(=O)O)cc1-c1ccc(C#CCO)s1. The van der Waals surface area contributed by atoms with Gasteiger partial charge < -0.3 is 14.9 Å². The standard InChI is InChI=1S/C16H14O4S/c1-10-8-14(20-2)13(9-12(10)16(18)19)15-6-5-11(21-15)4-3-7-17/h5-6,8-9,17H,7H2,1-2H3,(H,18,19). The highest BCUT2D eigenvalue weighted by atomic mass is 32.1. The number of carboxylic acids is 1. The van der Waals surface area contributed by atoms with Crippen LogP contribution in [-0.4, -0.2) is 29.9 Å². The fraction of sp³-hybridized carbons (Fsp3) is 0.188. The molecule has 0 spiro atoms. The summed E-state index contributed by atoms with van der Waals surface area (Å²) in [7, 11) is 1.55. The van der Waals surface area contributed by atoms with Gasteiger partial charge in [-0.25, -0.2) is 4.79 Å². The molecule has 0 atom stereocenters. The van der Waals surface area contributed by atoms with Crippen LogP contribution in [0.5, 0.6) is 5.75 Å². The minimum Gasteiger partial charge on any atom is -0.496 e. The van der Waals surface area contributed by atoms with Gasteiger partial charge in [0.1, 0.15) is 12.4 Å². The monoisotopic (exact) mass is 302 g/mol. The van der Waals surface area contributed by atoms with Crippen LogP contribution in [0.15, 0.2) is 24.3 Å². The van der Waals surface area contributed by atoms with Crippen LogP contribution in [0, 0.1) is 18.8 Å². The molecule has 1 heterocycles. The van der Waals surface area contributed by atoms with E-state index in [9.17, 15) is 9.90 Å². The van der Waals surface area contributed by atoms with Crippen molar-refractivity contribution in [3.05, 3.63) is 40.3 Å². The molecule has 0 bridgehead atoms. The summed E-state index contributed by atoms with van der Waals surface area (Å²) < 4.78 is 5.34. The van der Waals surface area contributed by atoms with Gasteiger partial charge in [-0.1, -0.05) is 11.8 Å². The van der Waals surface area contributed by atoms with E-state index in [0.717, 1.165) is 15.3 Å². The average molecular weight is 302 g/mol. The number of rotatable bonds is 3. The van der Waals surface area contributed by atoms with Crippen LogP contribution < -0.4 is 4.74 Å². The van der Waals surface area contributed by atoms with Crippen molar-refractivity contribution in [2.45, 2.75) is 6.92 Å². The molecule has 0 aliphatic carbocycles. The van der Waals surface area contributed by atoms with Gasteiger partial charge in [0.05, 0.1) is 17.6 Å². The maximum Gasteiger partial charge on any atom is 0.335 e. The molecule has 1 aromatic carbocycles. The number of benzene rings is 1. The normalized spacial score (nSPS) is 9.86. The number of carboxylic acid groups (broad SMARTS) is 1. The lowest BCUT2D eigenvalue weighted by Crippen LogP contribution is -2.01. The summed E-state index contributed by atoms with van der Waals surface area (Å²) in [5.41, 5.74) is 1.63. The molecule has 0 amide bonds. The first-order valence-electron chi connectivity index (χ1n) is 6.18. The largest absolute Gasteiger partial charge is 0.496 e. The number of thiophene rings is 1. The first kappa shape index (κ1) is 15.1. The van der Waals surface area contributed by atoms with Crippen molar-refractivity contribution < 1.29 is 19.7 Å². The molecule has 0 radical (unpaired) electrons. The van der Waals surface area contributed by atoms with E-state index in [1.165, 1.54) is 11.3 Å². The topological polar surface area (TPSA) is 66.8 Å². The third kappa shape index (κ3) is 3.24. The highest BCUT2D eigenvalue weighted by molar-refractivity contribution is 7.16. The second-order valence-electron chi connectivity index (χ2n) is 4.30. The van der Waals surface area contributed by atoms with Crippen molar-refractivity contribution in [1.82, 2.24) is 0 Å². The van der Waals surface area contributed by atoms with Crippen molar-refractivity contribution in [1.29, 1.82) is 0 Å². The van der Waals surface area contributed by atoms with Crippen molar-refractivity contribution >= 4 is 17.3 Å². The van der Waals surface area contributed by atoms with E-state index in [0.29, 0.717) is 11.3 Å². The van der Waals surface area contributed by atoms with Gasteiger partial charge >= 0.3 is 5.97 Å². The van der Waals surface area contributed by atoms with Crippen molar-refractivity contribution in [2.75, 3.05) is 13.7 Å². The fourth-order valence-electron chi connectivity index (χ4n) is 1.95. The Labute approximate surface area is 126 Å². The van der Waals surface area contributed by atoms with Crippen LogP contribution in [0.2, 0.25) is 0 Å². The summed E-state index contributed by atoms with van der Waals surface area (Å²) in [6, 6.07) is 7.04. The summed E-state index contributed by atoms with van der Waals surface area (Å²) in [5.74, 6) is 5.08. The molecule has 108 valence electrons. The van der Waals surface area contributed by atoms with Crippen LogP contribution in [0.1, 0.15) is 20.8 Å². The molecule has 1 aromatic heterocycles. The van der Waals surface area contributed by atoms with Crippen LogP contribution >= 0.6 is 11.3 Å². The van der Waals surface area contributed by atoms with Crippen molar-refractivity contribution in [3.8, 4) is 28.0 Å². The van der Waals surface area contributed by atoms with Crippen molar-refractivity contribution in [2.24, 2.45) is 0 Å². The van der Waals surface area contributed by atoms with Crippen LogP contribution in [0.25, 0.3) is 10.4 Å². The first-order chi connectivity index (χ1) is 10.1. The Balaban J connectivity index is 2.53. The van der Waals surface area contributed by atoms with Gasteiger partial charge in [-0.15, -0.1) is 11.3 Å². The third-order valence-electron chi connectivity index (χ3n) is 2.94. The minimum absolute atomic E-state index is 0.190. The molecule has 4 nitrogen and oxygen atoms in total. The highest BCUT2D eigenvalue weighted by Crippen LogP contribution is 2.36. The first-order valence-corrected chi connectivity index (χ1v) is 7.00. The zero-order valence-electron chi connectivity index (χ0n) is 11.6. The zero-order valence-corrected chi connectivity index (χ0v) is 12.5. The Hall–Kier alpha value is -2.29. The lowest BCUT2D eigenvalue weighted by atomic mass is 10.0. The van der Waals surface area contributed by atoms with Gasteiger partial charge in [0.15, 0.2) is 0 Å². The molecule has 0 fully saturated rings. The quantitative estimate of drug-likeness (QED) is 0.856. The van der Waals surface area contributed by atoms with Crippen molar-refractivity contribution in [3.63, 3.8) is 0 Å². The van der Waals surface area contributed by atoms with E-state index in [1.807, 2.05) is 12.1 Å². The highest BCUT2D eigenvalue weighted by Gasteiger charge is 2.15. The molecule has 0 unspecified atom stereocenters. The van der Waals surface area contributed by atoms with E-state index < -0.39 is 5.97 Å². The lowest BCUT2D eigenvalue weighted by molar-refractivity contribution is 0.0696. The average Bonchev–Trinajstić information content (AvgIpc) is 2.92. The number of carbonyl (C=O) groups is 1. The molecule has 5 heteroatoms. The van der Waals surface area contributed by atoms with Crippen LogP contribution in [0.3, 0.4) is 0 Å². The van der Waals surface area contributed by atoms with Gasteiger partial charge in [-0.05, 0) is 36.8 Å². The second kappa shape index (κ2) is 6.44. The molecule has 2 rings (SSSR count). The van der Waals surface area contributed by atoms with E-state index in [-0.39, 0.29) is 12.2 Å². The number of hydrogen-bond donors (Lipinski definition) is 2. The Kier molecular flexibility index (Phi) is 4.63. The van der Waals surface area contributed by atoms with E-state index in [4.69, 9.17) is 9.84 Å². The fourth-order valence-corrected chi connectivity index (χ4v) is 2.85. The number of aliphatic hydroxyl groups excluding tert-OH is 1. The summed E-state index contributed by atoms with van der Waals surface area (Å²) in [4.78, 5) is 12.9. The van der Waals surface area contributed by atoms with E-state index in [2.05, 4.69) is 11.8 Å². The number of hydrogen-bond acceptors (Lipinski definition) is 4. The van der Waals surface area contributed by atoms with Gasteiger partial charge in [-0.2, -0.15) is 0 Å². The van der Waals surface area contributed by atoms with Gasteiger partial charge in [0, 0.05) is 10.4 Å². The molecule has 2 N–H and O–H groups in total. The van der Waals surface area contributed by atoms with E-state index >= 15 is 0 Å². The molecular formula is C16H14O4S. The Morgan fingerprint density at radius 2 is 2.14 bits per heavy atom.